The summed E-state index contributed by atoms with van der Waals surface area (Å²) in [5.74, 6) is 1.27. The number of amides is 2. The highest BCUT2D eigenvalue weighted by Crippen LogP contribution is 2.60. The number of esters is 1. The summed E-state index contributed by atoms with van der Waals surface area (Å²) in [4.78, 5) is 38.8. The second-order valence-corrected chi connectivity index (χ2v) is 9.60. The molecule has 1 N–H and O–H groups in total. The number of nitrogens with one attached hydrogen (secondary N) is 1. The fraction of sp³-hybridized carbons (Fsp3) is 0.857. The van der Waals surface area contributed by atoms with E-state index in [9.17, 15) is 14.4 Å². The van der Waals surface area contributed by atoms with Gasteiger partial charge in [0.05, 0.1) is 12.2 Å². The molecule has 0 unspecified atom stereocenters. The van der Waals surface area contributed by atoms with Crippen LogP contribution >= 0.6 is 0 Å². The molecule has 0 aromatic rings. The molecule has 1 heterocycles. The number of rotatable bonds is 5. The maximum absolute atomic E-state index is 12.9. The number of carbonyl (C=O) groups excluding carboxylic acids is 3. The van der Waals surface area contributed by atoms with Gasteiger partial charge >= 0.3 is 5.97 Å². The predicted molar refractivity (Wildman–Crippen MR) is 101 cm³/mol. The number of hydrogen-bond acceptors (Lipinski definition) is 5. The van der Waals surface area contributed by atoms with E-state index in [2.05, 4.69) is 5.32 Å². The van der Waals surface area contributed by atoms with Crippen molar-refractivity contribution >= 4 is 17.8 Å². The lowest BCUT2D eigenvalue weighted by Gasteiger charge is -2.55. The lowest BCUT2D eigenvalue weighted by molar-refractivity contribution is -0.158. The maximum atomic E-state index is 12.9. The summed E-state index contributed by atoms with van der Waals surface area (Å²) in [7, 11) is 0. The van der Waals surface area contributed by atoms with Crippen molar-refractivity contribution in [2.45, 2.75) is 64.6 Å². The zero-order valence-corrected chi connectivity index (χ0v) is 16.9. The second kappa shape index (κ2) is 7.65. The quantitative estimate of drug-likeness (QED) is 0.717. The van der Waals surface area contributed by atoms with E-state index in [1.165, 1.54) is 19.3 Å². The second-order valence-electron chi connectivity index (χ2n) is 9.60. The Bertz CT molecular complexity index is 603. The lowest BCUT2D eigenvalue weighted by Crippen LogP contribution is -2.54. The molecule has 5 fully saturated rings. The van der Waals surface area contributed by atoms with Crippen LogP contribution in [0.5, 0.6) is 0 Å². The molecule has 0 radical (unpaired) electrons. The monoisotopic (exact) mass is 392 g/mol. The van der Waals surface area contributed by atoms with Crippen LogP contribution in [-0.4, -0.2) is 61.1 Å². The first-order valence-corrected chi connectivity index (χ1v) is 10.7. The van der Waals surface area contributed by atoms with Gasteiger partial charge in [0.25, 0.3) is 5.91 Å². The van der Waals surface area contributed by atoms with E-state index >= 15 is 0 Å². The molecule has 7 nitrogen and oxygen atoms in total. The van der Waals surface area contributed by atoms with E-state index in [1.807, 2.05) is 13.8 Å². The Morgan fingerprint density at radius 2 is 1.54 bits per heavy atom. The molecule has 0 aromatic carbocycles. The van der Waals surface area contributed by atoms with Crippen LogP contribution in [0.25, 0.3) is 0 Å². The predicted octanol–water partition coefficient (Wildman–Crippen LogP) is 1.50. The van der Waals surface area contributed by atoms with Gasteiger partial charge in [0, 0.05) is 18.5 Å². The number of hydrogen-bond donors (Lipinski definition) is 1. The number of carbonyl (C=O) groups is 3. The van der Waals surface area contributed by atoms with E-state index in [4.69, 9.17) is 9.47 Å². The first-order valence-electron chi connectivity index (χ1n) is 10.7. The Balaban J connectivity index is 1.21. The molecular weight excluding hydrogens is 360 g/mol. The molecule has 156 valence electrons. The lowest BCUT2D eigenvalue weighted by atomic mass is 9.49. The fourth-order valence-electron chi connectivity index (χ4n) is 6.39. The zero-order chi connectivity index (χ0) is 19.9. The topological polar surface area (TPSA) is 84.9 Å². The summed E-state index contributed by atoms with van der Waals surface area (Å²) in [6.45, 7) is 4.39. The molecule has 28 heavy (non-hydrogen) atoms. The molecule has 2 atom stereocenters. The Morgan fingerprint density at radius 1 is 1.00 bits per heavy atom. The Kier molecular flexibility index (Phi) is 5.38. The first kappa shape index (κ1) is 19.7. The van der Waals surface area contributed by atoms with Crippen molar-refractivity contribution in [1.29, 1.82) is 0 Å². The first-order chi connectivity index (χ1) is 13.3. The minimum Gasteiger partial charge on any atom is -0.454 e. The molecule has 4 saturated carbocycles. The highest BCUT2D eigenvalue weighted by Gasteiger charge is 2.54. The van der Waals surface area contributed by atoms with E-state index < -0.39 is 5.97 Å². The van der Waals surface area contributed by atoms with Crippen LogP contribution in [0.4, 0.5) is 0 Å². The highest BCUT2D eigenvalue weighted by molar-refractivity contribution is 5.87. The van der Waals surface area contributed by atoms with Crippen LogP contribution in [0.1, 0.15) is 52.4 Å². The largest absolute Gasteiger partial charge is 0.454 e. The Hall–Kier alpha value is -1.63. The van der Waals surface area contributed by atoms with Crippen LogP contribution in [0.2, 0.25) is 0 Å². The molecule has 0 spiro atoms. The van der Waals surface area contributed by atoms with Crippen molar-refractivity contribution in [2.24, 2.45) is 23.2 Å². The summed E-state index contributed by atoms with van der Waals surface area (Å²) in [5.41, 5.74) is -0.273. The van der Waals surface area contributed by atoms with Gasteiger partial charge < -0.3 is 19.7 Å². The third-order valence-electron chi connectivity index (χ3n) is 7.04. The molecule has 1 aliphatic heterocycles. The molecule has 5 rings (SSSR count). The van der Waals surface area contributed by atoms with Crippen LogP contribution in [0.15, 0.2) is 0 Å². The van der Waals surface area contributed by atoms with Crippen molar-refractivity contribution in [3.63, 3.8) is 0 Å². The van der Waals surface area contributed by atoms with Gasteiger partial charge in [-0.3, -0.25) is 14.4 Å². The average Bonchev–Trinajstić information content (AvgIpc) is 2.62. The third kappa shape index (κ3) is 4.04. The normalized spacial score (nSPS) is 38.9. The molecule has 5 aliphatic rings. The van der Waals surface area contributed by atoms with Gasteiger partial charge in [-0.25, -0.2) is 0 Å². The van der Waals surface area contributed by atoms with Crippen molar-refractivity contribution in [3.8, 4) is 0 Å². The summed E-state index contributed by atoms with van der Waals surface area (Å²) in [5, 5.41) is 2.80. The van der Waals surface area contributed by atoms with Gasteiger partial charge in [-0.15, -0.1) is 0 Å². The van der Waals surface area contributed by atoms with E-state index in [0.717, 1.165) is 19.3 Å². The molecule has 1 saturated heterocycles. The van der Waals surface area contributed by atoms with Crippen molar-refractivity contribution in [1.82, 2.24) is 10.2 Å². The fourth-order valence-corrected chi connectivity index (χ4v) is 6.39. The minimum absolute atomic E-state index is 0.00528. The van der Waals surface area contributed by atoms with Gasteiger partial charge in [0.2, 0.25) is 5.91 Å². The number of morpholine rings is 1. The minimum atomic E-state index is -0.555. The van der Waals surface area contributed by atoms with Crippen molar-refractivity contribution < 1.29 is 23.9 Å². The number of nitrogens with zero attached hydrogens (tertiary/aromatic N) is 1. The van der Waals surface area contributed by atoms with Crippen LogP contribution < -0.4 is 5.32 Å². The zero-order valence-electron chi connectivity index (χ0n) is 16.9. The highest BCUT2D eigenvalue weighted by atomic mass is 16.5. The van der Waals surface area contributed by atoms with Gasteiger partial charge in [-0.2, -0.15) is 0 Å². The van der Waals surface area contributed by atoms with Gasteiger partial charge in [-0.05, 0) is 70.1 Å². The average molecular weight is 392 g/mol. The van der Waals surface area contributed by atoms with Crippen LogP contribution in [0, 0.1) is 23.2 Å². The third-order valence-corrected chi connectivity index (χ3v) is 7.04. The summed E-state index contributed by atoms with van der Waals surface area (Å²) in [6.07, 6.45) is 6.66. The van der Waals surface area contributed by atoms with Crippen LogP contribution in [-0.2, 0) is 23.9 Å². The SMILES string of the molecule is C[C@H]1CN(C(=O)COC(=O)CNC(=O)C23CC4CC(CC(C4)C2)C3)C[C@H](C)O1. The van der Waals surface area contributed by atoms with Crippen molar-refractivity contribution in [3.05, 3.63) is 0 Å². The van der Waals surface area contributed by atoms with Gasteiger partial charge in [-0.1, -0.05) is 0 Å². The number of ether oxygens (including phenoxy) is 2. The van der Waals surface area contributed by atoms with E-state index in [0.29, 0.717) is 30.8 Å². The summed E-state index contributed by atoms with van der Waals surface area (Å²) < 4.78 is 10.7. The molecule has 2 amide bonds. The van der Waals surface area contributed by atoms with E-state index in [-0.39, 0.29) is 42.6 Å². The molecule has 4 bridgehead atoms. The molecular formula is C21H32N2O5. The van der Waals surface area contributed by atoms with Gasteiger partial charge in [0.15, 0.2) is 6.61 Å². The van der Waals surface area contributed by atoms with E-state index in [1.54, 1.807) is 4.90 Å². The smallest absolute Gasteiger partial charge is 0.325 e. The Labute approximate surface area is 166 Å². The van der Waals surface area contributed by atoms with Crippen LogP contribution in [0.3, 0.4) is 0 Å². The summed E-state index contributed by atoms with van der Waals surface area (Å²) in [6, 6.07) is 0. The molecule has 0 aromatic heterocycles. The Morgan fingerprint density at radius 3 is 2.07 bits per heavy atom. The maximum Gasteiger partial charge on any atom is 0.325 e. The molecule has 4 aliphatic carbocycles. The van der Waals surface area contributed by atoms with Crippen molar-refractivity contribution in [2.75, 3.05) is 26.2 Å². The summed E-state index contributed by atoms with van der Waals surface area (Å²) >= 11 is 0. The molecule has 7 heteroatoms. The standard InChI is InChI=1S/C21H32N2O5/c1-13-10-23(11-14(2)28-13)18(24)12-27-19(25)9-22-20(26)21-6-15-3-16(7-21)5-17(4-15)8-21/h13-17H,3-12H2,1-2H3,(H,22,26)/t13-,14-,15?,16?,17?,21?/m0/s1. The van der Waals surface area contributed by atoms with Gasteiger partial charge in [0.1, 0.15) is 6.54 Å².